The van der Waals surface area contributed by atoms with Gasteiger partial charge in [0.25, 0.3) is 5.91 Å². The molecule has 0 aliphatic heterocycles. The number of hydrogen-bond acceptors (Lipinski definition) is 5. The van der Waals surface area contributed by atoms with E-state index in [0.717, 1.165) is 12.1 Å². The second-order valence-electron chi connectivity index (χ2n) is 5.70. The molecule has 0 fully saturated rings. The Bertz CT molecular complexity index is 582. The number of hydrogen-bond donors (Lipinski definition) is 1. The van der Waals surface area contributed by atoms with E-state index in [1.165, 1.54) is 0 Å². The lowest BCUT2D eigenvalue weighted by atomic mass is 9.88. The Labute approximate surface area is 122 Å². The second-order valence-corrected chi connectivity index (χ2v) is 6.42. The van der Waals surface area contributed by atoms with E-state index in [0.29, 0.717) is 23.6 Å². The van der Waals surface area contributed by atoms with E-state index in [9.17, 15) is 4.79 Å². The molecule has 1 amide bonds. The lowest BCUT2D eigenvalue weighted by Gasteiger charge is -2.16. The largest absolute Gasteiger partial charge is 0.361 e. The van der Waals surface area contributed by atoms with Gasteiger partial charge in [0.1, 0.15) is 17.0 Å². The van der Waals surface area contributed by atoms with Crippen molar-refractivity contribution in [1.82, 2.24) is 15.5 Å². The van der Waals surface area contributed by atoms with Gasteiger partial charge in [-0.3, -0.25) is 4.79 Å². The highest BCUT2D eigenvalue weighted by atomic mass is 32.1. The normalized spacial score (nSPS) is 11.6. The summed E-state index contributed by atoms with van der Waals surface area (Å²) in [5.74, 6) is 0.421. The molecule has 0 spiro atoms. The van der Waals surface area contributed by atoms with E-state index in [4.69, 9.17) is 4.52 Å². The van der Waals surface area contributed by atoms with Crippen LogP contribution in [0.4, 0.5) is 0 Å². The van der Waals surface area contributed by atoms with Crippen molar-refractivity contribution in [2.75, 3.05) is 6.54 Å². The average Bonchev–Trinajstić information content (AvgIpc) is 2.97. The molecule has 108 valence electrons. The van der Waals surface area contributed by atoms with Crippen molar-refractivity contribution in [3.05, 3.63) is 33.6 Å². The minimum Gasteiger partial charge on any atom is -0.361 e. The summed E-state index contributed by atoms with van der Waals surface area (Å²) < 4.78 is 5.17. The maximum absolute atomic E-state index is 12.3. The van der Waals surface area contributed by atoms with Gasteiger partial charge in [-0.2, -0.15) is 0 Å². The summed E-state index contributed by atoms with van der Waals surface area (Å²) in [6.45, 7) is 8.34. The van der Waals surface area contributed by atoms with E-state index in [1.54, 1.807) is 23.8 Å². The Balaban J connectivity index is 2.04. The third-order valence-corrected chi connectivity index (χ3v) is 3.59. The van der Waals surface area contributed by atoms with Crippen molar-refractivity contribution < 1.29 is 9.32 Å². The quantitative estimate of drug-likeness (QED) is 0.941. The molecule has 0 saturated heterocycles. The Morgan fingerprint density at radius 2 is 2.20 bits per heavy atom. The highest BCUT2D eigenvalue weighted by molar-refractivity contribution is 7.07. The fraction of sp³-hybridized carbons (Fsp3) is 0.500. The molecule has 0 unspecified atom stereocenters. The molecule has 0 atom stereocenters. The minimum absolute atomic E-state index is 0.135. The van der Waals surface area contributed by atoms with E-state index in [-0.39, 0.29) is 11.3 Å². The van der Waals surface area contributed by atoms with Crippen LogP contribution in [0.1, 0.15) is 48.3 Å². The standard InChI is InChI=1S/C14H19N3O2S/c1-9-11(12(17-19-9)14(2,3)4)13(18)15-6-5-10-7-20-8-16-10/h7-8H,5-6H2,1-4H3,(H,15,18). The molecule has 6 heteroatoms. The molecule has 20 heavy (non-hydrogen) atoms. The zero-order valence-electron chi connectivity index (χ0n) is 12.2. The first-order chi connectivity index (χ1) is 9.39. The molecular formula is C14H19N3O2S. The monoisotopic (exact) mass is 293 g/mol. The predicted molar refractivity (Wildman–Crippen MR) is 78.1 cm³/mol. The van der Waals surface area contributed by atoms with Gasteiger partial charge in [-0.05, 0) is 6.92 Å². The Kier molecular flexibility index (Phi) is 4.23. The molecule has 1 N–H and O–H groups in total. The van der Waals surface area contributed by atoms with Crippen LogP contribution in [-0.2, 0) is 11.8 Å². The van der Waals surface area contributed by atoms with Gasteiger partial charge < -0.3 is 9.84 Å². The zero-order valence-corrected chi connectivity index (χ0v) is 13.0. The van der Waals surface area contributed by atoms with Crippen LogP contribution in [0, 0.1) is 6.92 Å². The number of carbonyl (C=O) groups is 1. The molecule has 0 aliphatic rings. The number of nitrogens with one attached hydrogen (secondary N) is 1. The van der Waals surface area contributed by atoms with Crippen LogP contribution in [0.15, 0.2) is 15.4 Å². The maximum Gasteiger partial charge on any atom is 0.256 e. The molecule has 2 rings (SSSR count). The van der Waals surface area contributed by atoms with Gasteiger partial charge >= 0.3 is 0 Å². The molecule has 2 aromatic heterocycles. The van der Waals surface area contributed by atoms with Gasteiger partial charge in [0.05, 0.1) is 11.2 Å². The van der Waals surface area contributed by atoms with E-state index < -0.39 is 0 Å². The summed E-state index contributed by atoms with van der Waals surface area (Å²) in [6, 6.07) is 0. The van der Waals surface area contributed by atoms with Crippen LogP contribution in [0.3, 0.4) is 0 Å². The van der Waals surface area contributed by atoms with Gasteiger partial charge in [0.15, 0.2) is 0 Å². The lowest BCUT2D eigenvalue weighted by molar-refractivity contribution is 0.0950. The number of aryl methyl sites for hydroxylation is 1. The summed E-state index contributed by atoms with van der Waals surface area (Å²) in [6.07, 6.45) is 0.727. The highest BCUT2D eigenvalue weighted by Gasteiger charge is 2.28. The molecule has 5 nitrogen and oxygen atoms in total. The van der Waals surface area contributed by atoms with Crippen molar-refractivity contribution in [3.8, 4) is 0 Å². The molecule has 0 bridgehead atoms. The van der Waals surface area contributed by atoms with Gasteiger partial charge in [0.2, 0.25) is 0 Å². The third-order valence-electron chi connectivity index (χ3n) is 2.95. The molecule has 0 aromatic carbocycles. The minimum atomic E-state index is -0.223. The number of carbonyl (C=O) groups excluding carboxylic acids is 1. The number of nitrogens with zero attached hydrogens (tertiary/aromatic N) is 2. The molecular weight excluding hydrogens is 274 g/mol. The Morgan fingerprint density at radius 1 is 1.45 bits per heavy atom. The van der Waals surface area contributed by atoms with Crippen molar-refractivity contribution in [3.63, 3.8) is 0 Å². The molecule has 2 aromatic rings. The SMILES string of the molecule is Cc1onc(C(C)(C)C)c1C(=O)NCCc1cscn1. The van der Waals surface area contributed by atoms with Crippen LogP contribution in [0.2, 0.25) is 0 Å². The van der Waals surface area contributed by atoms with E-state index >= 15 is 0 Å². The first kappa shape index (κ1) is 14.7. The molecule has 0 radical (unpaired) electrons. The van der Waals surface area contributed by atoms with Crippen molar-refractivity contribution in [2.45, 2.75) is 39.5 Å². The predicted octanol–water partition coefficient (Wildman–Crippen LogP) is 2.71. The van der Waals surface area contributed by atoms with Crippen LogP contribution >= 0.6 is 11.3 Å². The maximum atomic E-state index is 12.3. The van der Waals surface area contributed by atoms with Gasteiger partial charge in [-0.15, -0.1) is 11.3 Å². The summed E-state index contributed by atoms with van der Waals surface area (Å²) in [7, 11) is 0. The van der Waals surface area contributed by atoms with Crippen LogP contribution in [0.25, 0.3) is 0 Å². The fourth-order valence-electron chi connectivity index (χ4n) is 1.90. The Hall–Kier alpha value is -1.69. The van der Waals surface area contributed by atoms with Gasteiger partial charge in [-0.25, -0.2) is 4.98 Å². The van der Waals surface area contributed by atoms with Crippen molar-refractivity contribution in [2.24, 2.45) is 0 Å². The first-order valence-corrected chi connectivity index (χ1v) is 7.46. The smallest absolute Gasteiger partial charge is 0.256 e. The van der Waals surface area contributed by atoms with Gasteiger partial charge in [0, 0.05) is 23.8 Å². The molecule has 0 saturated carbocycles. The van der Waals surface area contributed by atoms with E-state index in [2.05, 4.69) is 15.5 Å². The number of rotatable bonds is 4. The van der Waals surface area contributed by atoms with Crippen LogP contribution in [-0.4, -0.2) is 22.6 Å². The number of thiazole rings is 1. The van der Waals surface area contributed by atoms with Crippen molar-refractivity contribution >= 4 is 17.2 Å². The van der Waals surface area contributed by atoms with Crippen LogP contribution < -0.4 is 5.32 Å². The topological polar surface area (TPSA) is 68.0 Å². The molecule has 0 aliphatic carbocycles. The number of amides is 1. The second kappa shape index (κ2) is 5.75. The van der Waals surface area contributed by atoms with E-state index in [1.807, 2.05) is 26.2 Å². The first-order valence-electron chi connectivity index (χ1n) is 6.51. The summed E-state index contributed by atoms with van der Waals surface area (Å²) in [4.78, 5) is 16.5. The fourth-order valence-corrected chi connectivity index (χ4v) is 2.50. The lowest BCUT2D eigenvalue weighted by Crippen LogP contribution is -2.29. The summed E-state index contributed by atoms with van der Waals surface area (Å²) in [5, 5.41) is 8.91. The van der Waals surface area contributed by atoms with Gasteiger partial charge in [-0.1, -0.05) is 25.9 Å². The summed E-state index contributed by atoms with van der Waals surface area (Å²) in [5.41, 5.74) is 3.81. The molecule has 2 heterocycles. The third kappa shape index (κ3) is 3.25. The van der Waals surface area contributed by atoms with Crippen LogP contribution in [0.5, 0.6) is 0 Å². The van der Waals surface area contributed by atoms with Crippen molar-refractivity contribution in [1.29, 1.82) is 0 Å². The Morgan fingerprint density at radius 3 is 2.80 bits per heavy atom. The average molecular weight is 293 g/mol. The zero-order chi connectivity index (χ0) is 14.8. The summed E-state index contributed by atoms with van der Waals surface area (Å²) >= 11 is 1.56. The highest BCUT2D eigenvalue weighted by Crippen LogP contribution is 2.26. The number of aromatic nitrogens is 2.